The number of rotatable bonds is 4. The molecule has 0 spiro atoms. The van der Waals surface area contributed by atoms with Gasteiger partial charge in [-0.1, -0.05) is 12.1 Å². The second-order valence-corrected chi connectivity index (χ2v) is 4.99. The lowest BCUT2D eigenvalue weighted by Gasteiger charge is -2.32. The molecule has 0 aliphatic rings. The van der Waals surface area contributed by atoms with Crippen LogP contribution in [0.3, 0.4) is 0 Å². The van der Waals surface area contributed by atoms with E-state index in [9.17, 15) is 0 Å². The molecule has 0 amide bonds. The molecule has 90 valence electrons. The largest absolute Gasteiger partial charge is 0.378 e. The van der Waals surface area contributed by atoms with Crippen LogP contribution in [0.4, 0.5) is 5.69 Å². The van der Waals surface area contributed by atoms with Gasteiger partial charge in [-0.25, -0.2) is 0 Å². The molecule has 0 saturated heterocycles. The molecular formula is C13H23N3. The lowest BCUT2D eigenvalue weighted by Crippen LogP contribution is -2.51. The van der Waals surface area contributed by atoms with E-state index in [-0.39, 0.29) is 5.66 Å². The average Bonchev–Trinajstić information content (AvgIpc) is 2.17. The maximum absolute atomic E-state index is 6.20. The summed E-state index contributed by atoms with van der Waals surface area (Å²) in [6.07, 6.45) is 0.855. The van der Waals surface area contributed by atoms with Crippen LogP contribution < -0.4 is 10.6 Å². The van der Waals surface area contributed by atoms with Gasteiger partial charge in [-0.15, -0.1) is 0 Å². The van der Waals surface area contributed by atoms with Gasteiger partial charge in [0.1, 0.15) is 0 Å². The standard InChI is InChI=1S/C13H23N3/c1-13(14,16(4)5)10-11-6-8-12(9-7-11)15(2)3/h6-9H,10,14H2,1-5H3. The lowest BCUT2D eigenvalue weighted by atomic mass is 10.0. The zero-order valence-electron chi connectivity index (χ0n) is 11.0. The van der Waals surface area contributed by atoms with E-state index in [1.807, 2.05) is 40.0 Å². The van der Waals surface area contributed by atoms with E-state index in [0.717, 1.165) is 6.42 Å². The van der Waals surface area contributed by atoms with Crippen molar-refractivity contribution < 1.29 is 0 Å². The van der Waals surface area contributed by atoms with Crippen molar-refractivity contribution in [2.24, 2.45) is 5.73 Å². The van der Waals surface area contributed by atoms with Crippen molar-refractivity contribution in [2.45, 2.75) is 19.0 Å². The Hall–Kier alpha value is -1.06. The van der Waals surface area contributed by atoms with Gasteiger partial charge in [0.25, 0.3) is 0 Å². The third-order valence-corrected chi connectivity index (χ3v) is 3.04. The van der Waals surface area contributed by atoms with Crippen molar-refractivity contribution in [3.8, 4) is 0 Å². The maximum atomic E-state index is 6.20. The fourth-order valence-electron chi connectivity index (χ4n) is 1.48. The first kappa shape index (κ1) is 13.0. The summed E-state index contributed by atoms with van der Waals surface area (Å²) in [5, 5.41) is 0. The number of likely N-dealkylation sites (N-methyl/N-ethyl adjacent to an activating group) is 1. The molecule has 0 aliphatic heterocycles. The molecule has 3 heteroatoms. The second kappa shape index (κ2) is 4.85. The number of hydrogen-bond acceptors (Lipinski definition) is 3. The van der Waals surface area contributed by atoms with Crippen molar-refractivity contribution in [3.05, 3.63) is 29.8 Å². The molecule has 0 heterocycles. The summed E-state index contributed by atoms with van der Waals surface area (Å²) < 4.78 is 0. The summed E-state index contributed by atoms with van der Waals surface area (Å²) >= 11 is 0. The summed E-state index contributed by atoms with van der Waals surface area (Å²) in [4.78, 5) is 4.14. The Kier molecular flexibility index (Phi) is 3.94. The van der Waals surface area contributed by atoms with Crippen LogP contribution in [0.1, 0.15) is 12.5 Å². The molecule has 0 fully saturated rings. The Morgan fingerprint density at radius 2 is 1.56 bits per heavy atom. The fraction of sp³-hybridized carbons (Fsp3) is 0.538. The van der Waals surface area contributed by atoms with Gasteiger partial charge in [-0.2, -0.15) is 0 Å². The minimum absolute atomic E-state index is 0.292. The molecule has 0 bridgehead atoms. The van der Waals surface area contributed by atoms with E-state index in [4.69, 9.17) is 5.73 Å². The van der Waals surface area contributed by atoms with Gasteiger partial charge in [0.05, 0.1) is 5.66 Å². The zero-order valence-corrected chi connectivity index (χ0v) is 11.0. The van der Waals surface area contributed by atoms with Crippen LogP contribution in [0.25, 0.3) is 0 Å². The zero-order chi connectivity index (χ0) is 12.3. The SMILES string of the molecule is CN(C)c1ccc(CC(C)(N)N(C)C)cc1. The quantitative estimate of drug-likeness (QED) is 0.783. The third-order valence-electron chi connectivity index (χ3n) is 3.04. The van der Waals surface area contributed by atoms with E-state index < -0.39 is 0 Å². The van der Waals surface area contributed by atoms with Crippen LogP contribution in [0.5, 0.6) is 0 Å². The number of nitrogens with zero attached hydrogens (tertiary/aromatic N) is 2. The number of anilines is 1. The Morgan fingerprint density at radius 1 is 1.06 bits per heavy atom. The molecule has 1 aromatic carbocycles. The van der Waals surface area contributed by atoms with Gasteiger partial charge in [0.15, 0.2) is 0 Å². The third kappa shape index (κ3) is 3.22. The van der Waals surface area contributed by atoms with E-state index in [1.165, 1.54) is 11.3 Å². The fourth-order valence-corrected chi connectivity index (χ4v) is 1.48. The summed E-state index contributed by atoms with van der Waals surface area (Å²) in [6.45, 7) is 2.05. The Bertz CT molecular complexity index is 326. The minimum atomic E-state index is -0.292. The van der Waals surface area contributed by atoms with Gasteiger partial charge < -0.3 is 10.6 Å². The molecule has 16 heavy (non-hydrogen) atoms. The first-order chi connectivity index (χ1) is 7.33. The predicted molar refractivity (Wildman–Crippen MR) is 70.8 cm³/mol. The molecule has 1 rings (SSSR count). The number of benzene rings is 1. The van der Waals surface area contributed by atoms with E-state index >= 15 is 0 Å². The molecule has 0 aromatic heterocycles. The van der Waals surface area contributed by atoms with Crippen LogP contribution in [-0.4, -0.2) is 38.8 Å². The summed E-state index contributed by atoms with van der Waals surface area (Å²) in [5.41, 5.74) is 8.40. The van der Waals surface area contributed by atoms with Crippen LogP contribution in [0.15, 0.2) is 24.3 Å². The van der Waals surface area contributed by atoms with Gasteiger partial charge in [0, 0.05) is 26.2 Å². The maximum Gasteiger partial charge on any atom is 0.0694 e. The van der Waals surface area contributed by atoms with Crippen molar-refractivity contribution in [1.29, 1.82) is 0 Å². The molecule has 0 saturated carbocycles. The average molecular weight is 221 g/mol. The van der Waals surface area contributed by atoms with Crippen LogP contribution in [0, 0.1) is 0 Å². The highest BCUT2D eigenvalue weighted by Gasteiger charge is 2.21. The minimum Gasteiger partial charge on any atom is -0.378 e. The Balaban J connectivity index is 2.76. The highest BCUT2D eigenvalue weighted by Crippen LogP contribution is 2.16. The molecule has 2 N–H and O–H groups in total. The lowest BCUT2D eigenvalue weighted by molar-refractivity contribution is 0.180. The normalized spacial score (nSPS) is 14.9. The summed E-state index contributed by atoms with van der Waals surface area (Å²) in [5.74, 6) is 0. The van der Waals surface area contributed by atoms with E-state index in [2.05, 4.69) is 29.2 Å². The molecule has 1 atom stereocenters. The highest BCUT2D eigenvalue weighted by atomic mass is 15.2. The molecular weight excluding hydrogens is 198 g/mol. The highest BCUT2D eigenvalue weighted by molar-refractivity contribution is 5.46. The second-order valence-electron chi connectivity index (χ2n) is 4.99. The first-order valence-corrected chi connectivity index (χ1v) is 5.55. The van der Waals surface area contributed by atoms with Crippen LogP contribution in [-0.2, 0) is 6.42 Å². The van der Waals surface area contributed by atoms with Crippen molar-refractivity contribution in [2.75, 3.05) is 33.1 Å². The van der Waals surface area contributed by atoms with Crippen molar-refractivity contribution in [1.82, 2.24) is 4.90 Å². The van der Waals surface area contributed by atoms with Crippen molar-refractivity contribution >= 4 is 5.69 Å². The molecule has 0 aliphatic carbocycles. The predicted octanol–water partition coefficient (Wildman–Crippen LogP) is 1.53. The van der Waals surface area contributed by atoms with Crippen molar-refractivity contribution in [3.63, 3.8) is 0 Å². The van der Waals surface area contributed by atoms with Crippen LogP contribution in [0.2, 0.25) is 0 Å². The first-order valence-electron chi connectivity index (χ1n) is 5.55. The number of hydrogen-bond donors (Lipinski definition) is 1. The molecule has 1 unspecified atom stereocenters. The smallest absolute Gasteiger partial charge is 0.0694 e. The molecule has 1 aromatic rings. The summed E-state index contributed by atoms with van der Waals surface area (Å²) in [7, 11) is 8.10. The Morgan fingerprint density at radius 3 is 1.94 bits per heavy atom. The molecule has 3 nitrogen and oxygen atoms in total. The monoisotopic (exact) mass is 221 g/mol. The van der Waals surface area contributed by atoms with E-state index in [0.29, 0.717) is 0 Å². The Labute approximate surface area is 98.8 Å². The van der Waals surface area contributed by atoms with E-state index in [1.54, 1.807) is 0 Å². The van der Waals surface area contributed by atoms with Gasteiger partial charge in [-0.3, -0.25) is 4.90 Å². The number of nitrogens with two attached hydrogens (primary N) is 1. The molecule has 0 radical (unpaired) electrons. The van der Waals surface area contributed by atoms with Crippen LogP contribution >= 0.6 is 0 Å². The van der Waals surface area contributed by atoms with Gasteiger partial charge >= 0.3 is 0 Å². The summed E-state index contributed by atoms with van der Waals surface area (Å²) in [6, 6.07) is 8.54. The van der Waals surface area contributed by atoms with Gasteiger partial charge in [-0.05, 0) is 38.7 Å². The van der Waals surface area contributed by atoms with Gasteiger partial charge in [0.2, 0.25) is 0 Å². The topological polar surface area (TPSA) is 32.5 Å².